The molecule has 3 aromatic carbocycles. The van der Waals surface area contributed by atoms with Crippen molar-refractivity contribution in [3.63, 3.8) is 0 Å². The summed E-state index contributed by atoms with van der Waals surface area (Å²) in [6.45, 7) is 12.2. The molecule has 302 valence electrons. The van der Waals surface area contributed by atoms with E-state index in [9.17, 15) is 9.59 Å². The molecule has 0 aliphatic rings. The van der Waals surface area contributed by atoms with Gasteiger partial charge in [-0.15, -0.1) is 0 Å². The van der Waals surface area contributed by atoms with E-state index in [0.717, 1.165) is 28.5 Å². The van der Waals surface area contributed by atoms with Gasteiger partial charge in [0.15, 0.2) is 5.65 Å². The number of ether oxygens (including phenoxy) is 3. The lowest BCUT2D eigenvalue weighted by molar-refractivity contribution is 0.0502. The number of halogens is 1. The van der Waals surface area contributed by atoms with Crippen LogP contribution >= 0.6 is 0 Å². The van der Waals surface area contributed by atoms with Gasteiger partial charge in [-0.3, -0.25) is 0 Å². The first kappa shape index (κ1) is 41.1. The zero-order valence-electron chi connectivity index (χ0n) is 34.0. The highest BCUT2D eigenvalue weighted by Crippen LogP contribution is 2.41. The fraction of sp³-hybridized carbons (Fsp3) is 0.311. The third kappa shape index (κ3) is 10.1. The maximum Gasteiger partial charge on any atom is 0.407 e. The van der Waals surface area contributed by atoms with Gasteiger partial charge in [0.25, 0.3) is 0 Å². The van der Waals surface area contributed by atoms with E-state index in [2.05, 4.69) is 44.8 Å². The number of benzene rings is 3. The fourth-order valence-corrected chi connectivity index (χ4v) is 6.56. The first-order chi connectivity index (χ1) is 27.8. The minimum absolute atomic E-state index is 0.118. The highest BCUT2D eigenvalue weighted by molar-refractivity contribution is 5.98. The summed E-state index contributed by atoms with van der Waals surface area (Å²) < 4.78 is 33.7. The number of pyridine rings is 1. The molecule has 2 N–H and O–H groups in total. The van der Waals surface area contributed by atoms with Crippen molar-refractivity contribution in [1.82, 2.24) is 24.9 Å². The molecule has 0 aliphatic heterocycles. The Morgan fingerprint density at radius 2 is 1.57 bits per heavy atom. The van der Waals surface area contributed by atoms with Crippen molar-refractivity contribution >= 4 is 29.3 Å². The minimum Gasteiger partial charge on any atom is -0.473 e. The monoisotopic (exact) mass is 787 g/mol. The molecule has 2 atom stereocenters. The smallest absolute Gasteiger partial charge is 0.407 e. The van der Waals surface area contributed by atoms with E-state index in [4.69, 9.17) is 24.3 Å². The highest BCUT2D eigenvalue weighted by Gasteiger charge is 2.29. The average Bonchev–Trinajstić information content (AvgIpc) is 3.63. The number of aryl methyl sites for hydroxylation is 1. The summed E-state index contributed by atoms with van der Waals surface area (Å²) in [6, 6.07) is 29.2. The molecule has 58 heavy (non-hydrogen) atoms. The normalized spacial score (nSPS) is 12.4. The molecule has 6 aromatic rings. The molecule has 3 heterocycles. The second-order valence-corrected chi connectivity index (χ2v) is 15.1. The van der Waals surface area contributed by atoms with Gasteiger partial charge in [-0.2, -0.15) is 9.61 Å². The molecule has 0 spiro atoms. The number of amides is 1. The molecular weight excluding hydrogens is 738 g/mol. The third-order valence-corrected chi connectivity index (χ3v) is 9.29. The van der Waals surface area contributed by atoms with Crippen molar-refractivity contribution < 1.29 is 28.2 Å². The van der Waals surface area contributed by atoms with Crippen LogP contribution in [0.3, 0.4) is 0 Å². The Kier molecular flexibility index (Phi) is 12.9. The lowest BCUT2D eigenvalue weighted by Gasteiger charge is -2.30. The van der Waals surface area contributed by atoms with Gasteiger partial charge in [-0.1, -0.05) is 97.4 Å². The number of fused-ring (bicyclic) bond motifs is 1. The maximum atomic E-state index is 15.1. The number of aromatic nitrogens is 4. The van der Waals surface area contributed by atoms with Gasteiger partial charge in [0.1, 0.15) is 34.7 Å². The molecule has 0 aliphatic carbocycles. The Morgan fingerprint density at radius 1 is 0.931 bits per heavy atom. The van der Waals surface area contributed by atoms with Crippen LogP contribution in [0.25, 0.3) is 16.8 Å². The van der Waals surface area contributed by atoms with Crippen molar-refractivity contribution in [2.75, 3.05) is 23.9 Å². The first-order valence-corrected chi connectivity index (χ1v) is 19.3. The lowest BCUT2D eigenvalue weighted by atomic mass is 10.0. The Morgan fingerprint density at radius 3 is 2.16 bits per heavy atom. The Hall–Kier alpha value is -6.50. The molecular formula is C45H50FN7O5. The van der Waals surface area contributed by atoms with Crippen LogP contribution in [0.5, 0.6) is 5.88 Å². The number of hydrogen-bond donors (Lipinski definition) is 2. The quantitative estimate of drug-likeness (QED) is 0.0972. The molecule has 12 nitrogen and oxygen atoms in total. The standard InChI is InChI=1S/C45H50FN7O5/c1-8-37(35-23-34(46)25-47-41(35)57-30(3)24-48-44(55)58-45(4,5)6)50-39-38(33-21-19-29(2)20-22-33)42(53-40(51-39)36(26-49-53)43(54)56-7)52(27-31-15-11-9-12-16-31)28-32-17-13-10-14-18-32/h9-23,25-26,30,37H,8,24,27-28H2,1-7H3,(H,48,55)(H,50,51). The van der Waals surface area contributed by atoms with E-state index < -0.39 is 35.6 Å². The predicted octanol–water partition coefficient (Wildman–Crippen LogP) is 9.09. The van der Waals surface area contributed by atoms with Crippen LogP contribution in [0.2, 0.25) is 0 Å². The van der Waals surface area contributed by atoms with Crippen LogP contribution in [0, 0.1) is 12.7 Å². The number of esters is 1. The second kappa shape index (κ2) is 18.2. The fourth-order valence-electron chi connectivity index (χ4n) is 6.56. The highest BCUT2D eigenvalue weighted by atomic mass is 19.1. The second-order valence-electron chi connectivity index (χ2n) is 15.1. The molecule has 3 aromatic heterocycles. The average molecular weight is 788 g/mol. The van der Waals surface area contributed by atoms with Gasteiger partial charge < -0.3 is 29.7 Å². The molecule has 0 radical (unpaired) electrons. The van der Waals surface area contributed by atoms with E-state index in [1.54, 1.807) is 32.2 Å². The molecule has 13 heteroatoms. The van der Waals surface area contributed by atoms with Crippen LogP contribution in [0.15, 0.2) is 103 Å². The SMILES string of the molecule is CCC(Nc1nc2c(C(=O)OC)cnn2c(N(Cc2ccccc2)Cc2ccccc2)c1-c1ccc(C)cc1)c1cc(F)cnc1OC(C)CNC(=O)OC(C)(C)C. The number of anilines is 2. The molecule has 1 amide bonds. The van der Waals surface area contributed by atoms with Gasteiger partial charge in [0.2, 0.25) is 5.88 Å². The number of rotatable bonds is 15. The topological polar surface area (TPSA) is 132 Å². The van der Waals surface area contributed by atoms with E-state index >= 15 is 4.39 Å². The van der Waals surface area contributed by atoms with Crippen molar-refractivity contribution in [3.8, 4) is 17.0 Å². The molecule has 0 saturated heterocycles. The summed E-state index contributed by atoms with van der Waals surface area (Å²) in [5.41, 5.74) is 4.96. The van der Waals surface area contributed by atoms with Crippen LogP contribution in [0.4, 0.5) is 20.8 Å². The van der Waals surface area contributed by atoms with Crippen LogP contribution < -0.4 is 20.3 Å². The van der Waals surface area contributed by atoms with E-state index in [-0.39, 0.29) is 23.6 Å². The van der Waals surface area contributed by atoms with Crippen molar-refractivity contribution in [3.05, 3.63) is 137 Å². The van der Waals surface area contributed by atoms with E-state index in [1.807, 2.05) is 74.5 Å². The number of alkyl carbamates (subject to hydrolysis) is 1. The Labute approximate surface area is 338 Å². The van der Waals surface area contributed by atoms with Crippen molar-refractivity contribution in [2.24, 2.45) is 0 Å². The molecule has 0 fully saturated rings. The third-order valence-electron chi connectivity index (χ3n) is 9.29. The van der Waals surface area contributed by atoms with Gasteiger partial charge in [0.05, 0.1) is 37.7 Å². The number of nitrogens with one attached hydrogen (secondary N) is 2. The van der Waals surface area contributed by atoms with Crippen LogP contribution in [-0.4, -0.2) is 57.0 Å². The summed E-state index contributed by atoms with van der Waals surface area (Å²) in [6.07, 6.45) is 1.90. The van der Waals surface area contributed by atoms with Crippen molar-refractivity contribution in [1.29, 1.82) is 0 Å². The minimum atomic E-state index is -0.664. The van der Waals surface area contributed by atoms with E-state index in [1.165, 1.54) is 19.4 Å². The van der Waals surface area contributed by atoms with Gasteiger partial charge in [-0.05, 0) is 63.8 Å². The molecule has 0 bridgehead atoms. The lowest BCUT2D eigenvalue weighted by Crippen LogP contribution is -2.38. The van der Waals surface area contributed by atoms with Crippen LogP contribution in [0.1, 0.15) is 79.7 Å². The summed E-state index contributed by atoms with van der Waals surface area (Å²) in [4.78, 5) is 37.3. The summed E-state index contributed by atoms with van der Waals surface area (Å²) in [5.74, 6) is 0.137. The Balaban J connectivity index is 1.51. The van der Waals surface area contributed by atoms with E-state index in [0.29, 0.717) is 42.3 Å². The number of hydrogen-bond acceptors (Lipinski definition) is 10. The number of carbonyl (C=O) groups excluding carboxylic acids is 2. The summed E-state index contributed by atoms with van der Waals surface area (Å²) in [7, 11) is 1.32. The van der Waals surface area contributed by atoms with Gasteiger partial charge in [-0.25, -0.2) is 23.9 Å². The molecule has 0 saturated carbocycles. The number of methoxy groups -OCH3 is 1. The van der Waals surface area contributed by atoms with Gasteiger partial charge in [0, 0.05) is 18.7 Å². The Bertz CT molecular complexity index is 2290. The maximum absolute atomic E-state index is 15.1. The summed E-state index contributed by atoms with van der Waals surface area (Å²) >= 11 is 0. The summed E-state index contributed by atoms with van der Waals surface area (Å²) in [5, 5.41) is 11.1. The first-order valence-electron chi connectivity index (χ1n) is 19.3. The molecule has 2 unspecified atom stereocenters. The van der Waals surface area contributed by atoms with Gasteiger partial charge >= 0.3 is 12.1 Å². The predicted molar refractivity (Wildman–Crippen MR) is 222 cm³/mol. The zero-order valence-corrected chi connectivity index (χ0v) is 34.0. The van der Waals surface area contributed by atoms with Crippen molar-refractivity contribution in [2.45, 2.75) is 78.8 Å². The zero-order chi connectivity index (χ0) is 41.4. The number of carbonyl (C=O) groups is 2. The number of nitrogens with zero attached hydrogens (tertiary/aromatic N) is 5. The largest absolute Gasteiger partial charge is 0.473 e. The van der Waals surface area contributed by atoms with Crippen LogP contribution in [-0.2, 0) is 22.6 Å². The molecule has 6 rings (SSSR count).